The van der Waals surface area contributed by atoms with Gasteiger partial charge in [-0.2, -0.15) is 0 Å². The van der Waals surface area contributed by atoms with Crippen molar-refractivity contribution in [3.8, 4) is 5.75 Å². The smallest absolute Gasteiger partial charge is 0.275 e. The molecule has 2 N–H and O–H groups in total. The number of benzene rings is 1. The summed E-state index contributed by atoms with van der Waals surface area (Å²) in [5, 5.41) is 8.47. The quantitative estimate of drug-likeness (QED) is 0.629. The highest BCUT2D eigenvalue weighted by Gasteiger charge is 2.10. The standard InChI is InChI=1S/C10H12BrNO4/c1-15-7-2-3-8(9(11)6-7)10(14)12-16-5-4-13/h2-3,6,13H,4-5H2,1H3,(H,12,14). The van der Waals surface area contributed by atoms with Gasteiger partial charge in [0.1, 0.15) is 5.75 Å². The van der Waals surface area contributed by atoms with E-state index in [1.165, 1.54) is 0 Å². The van der Waals surface area contributed by atoms with E-state index in [4.69, 9.17) is 14.7 Å². The van der Waals surface area contributed by atoms with E-state index in [1.54, 1.807) is 25.3 Å². The zero-order chi connectivity index (χ0) is 12.0. The van der Waals surface area contributed by atoms with Crippen molar-refractivity contribution in [1.29, 1.82) is 0 Å². The maximum Gasteiger partial charge on any atom is 0.275 e. The third kappa shape index (κ3) is 3.48. The van der Waals surface area contributed by atoms with Crippen LogP contribution in [0.2, 0.25) is 0 Å². The van der Waals surface area contributed by atoms with Crippen LogP contribution in [0, 0.1) is 0 Å². The minimum absolute atomic E-state index is 0.0551. The Morgan fingerprint density at radius 3 is 2.88 bits per heavy atom. The van der Waals surface area contributed by atoms with Crippen LogP contribution in [0.25, 0.3) is 0 Å². The molecular formula is C10H12BrNO4. The maximum atomic E-state index is 11.6. The first kappa shape index (κ1) is 13.0. The molecule has 0 saturated carbocycles. The van der Waals surface area contributed by atoms with Crippen LogP contribution in [0.3, 0.4) is 0 Å². The lowest BCUT2D eigenvalue weighted by atomic mass is 10.2. The summed E-state index contributed by atoms with van der Waals surface area (Å²) in [5.74, 6) is 0.266. The number of rotatable bonds is 5. The second-order valence-electron chi connectivity index (χ2n) is 2.85. The Balaban J connectivity index is 2.68. The van der Waals surface area contributed by atoms with Gasteiger partial charge >= 0.3 is 0 Å². The van der Waals surface area contributed by atoms with Crippen LogP contribution >= 0.6 is 15.9 Å². The van der Waals surface area contributed by atoms with Crippen molar-refractivity contribution in [2.75, 3.05) is 20.3 Å². The summed E-state index contributed by atoms with van der Waals surface area (Å²) in [6, 6.07) is 4.97. The molecule has 0 aliphatic rings. The van der Waals surface area contributed by atoms with Crippen molar-refractivity contribution in [1.82, 2.24) is 5.48 Å². The predicted molar refractivity (Wildman–Crippen MR) is 61.2 cm³/mol. The third-order valence-corrected chi connectivity index (χ3v) is 2.44. The Morgan fingerprint density at radius 2 is 2.31 bits per heavy atom. The summed E-state index contributed by atoms with van der Waals surface area (Å²) >= 11 is 3.25. The number of aliphatic hydroxyl groups is 1. The first-order valence-electron chi connectivity index (χ1n) is 4.55. The van der Waals surface area contributed by atoms with Gasteiger partial charge in [-0.05, 0) is 34.1 Å². The fraction of sp³-hybridized carbons (Fsp3) is 0.300. The lowest BCUT2D eigenvalue weighted by molar-refractivity contribution is 0.0168. The second-order valence-corrected chi connectivity index (χ2v) is 3.70. The normalized spacial score (nSPS) is 9.94. The number of amides is 1. The minimum Gasteiger partial charge on any atom is -0.497 e. The van der Waals surface area contributed by atoms with Gasteiger partial charge < -0.3 is 9.84 Å². The van der Waals surface area contributed by atoms with Gasteiger partial charge in [0.2, 0.25) is 0 Å². The molecule has 1 aromatic rings. The van der Waals surface area contributed by atoms with Crippen molar-refractivity contribution in [2.45, 2.75) is 0 Å². The van der Waals surface area contributed by atoms with Crippen LogP contribution in [-0.2, 0) is 4.84 Å². The number of halogens is 1. The van der Waals surface area contributed by atoms with Gasteiger partial charge in [0, 0.05) is 4.47 Å². The average Bonchev–Trinajstić information content (AvgIpc) is 2.29. The van der Waals surface area contributed by atoms with Crippen LogP contribution in [0.4, 0.5) is 0 Å². The summed E-state index contributed by atoms with van der Waals surface area (Å²) in [4.78, 5) is 16.3. The van der Waals surface area contributed by atoms with Gasteiger partial charge in [-0.3, -0.25) is 9.63 Å². The van der Waals surface area contributed by atoms with Crippen molar-refractivity contribution < 1.29 is 19.5 Å². The molecule has 0 heterocycles. The van der Waals surface area contributed by atoms with Crippen LogP contribution in [0.15, 0.2) is 22.7 Å². The number of carbonyl (C=O) groups excluding carboxylic acids is 1. The minimum atomic E-state index is -0.386. The van der Waals surface area contributed by atoms with E-state index in [9.17, 15) is 4.79 Å². The SMILES string of the molecule is COc1ccc(C(=O)NOCCO)c(Br)c1. The molecule has 0 saturated heterocycles. The topological polar surface area (TPSA) is 67.8 Å². The first-order valence-corrected chi connectivity index (χ1v) is 5.35. The average molecular weight is 290 g/mol. The highest BCUT2D eigenvalue weighted by molar-refractivity contribution is 9.10. The molecule has 1 rings (SSSR count). The van der Waals surface area contributed by atoms with Gasteiger partial charge in [0.15, 0.2) is 0 Å². The number of hydrogen-bond donors (Lipinski definition) is 2. The van der Waals surface area contributed by atoms with E-state index in [2.05, 4.69) is 21.4 Å². The van der Waals surface area contributed by atoms with Crippen LogP contribution in [-0.4, -0.2) is 31.3 Å². The van der Waals surface area contributed by atoms with E-state index in [0.29, 0.717) is 15.8 Å². The number of hydroxylamine groups is 1. The summed E-state index contributed by atoms with van der Waals surface area (Å²) in [5.41, 5.74) is 2.64. The lowest BCUT2D eigenvalue weighted by Gasteiger charge is -2.07. The van der Waals surface area contributed by atoms with E-state index >= 15 is 0 Å². The van der Waals surface area contributed by atoms with Gasteiger partial charge in [0.05, 0.1) is 25.9 Å². The molecule has 0 fully saturated rings. The fourth-order valence-corrected chi connectivity index (χ4v) is 1.56. The van der Waals surface area contributed by atoms with Crippen molar-refractivity contribution >= 4 is 21.8 Å². The summed E-state index contributed by atoms with van der Waals surface area (Å²) in [7, 11) is 1.55. The van der Waals surface area contributed by atoms with E-state index in [-0.39, 0.29) is 19.1 Å². The molecule has 0 unspecified atom stereocenters. The Hall–Kier alpha value is -1.11. The highest BCUT2D eigenvalue weighted by Crippen LogP contribution is 2.22. The zero-order valence-electron chi connectivity index (χ0n) is 8.70. The molecule has 0 spiro atoms. The molecule has 1 aromatic carbocycles. The number of hydrogen-bond acceptors (Lipinski definition) is 4. The highest BCUT2D eigenvalue weighted by atomic mass is 79.9. The van der Waals surface area contributed by atoms with E-state index < -0.39 is 0 Å². The van der Waals surface area contributed by atoms with Crippen LogP contribution < -0.4 is 10.2 Å². The van der Waals surface area contributed by atoms with Crippen LogP contribution in [0.5, 0.6) is 5.75 Å². The number of methoxy groups -OCH3 is 1. The van der Waals surface area contributed by atoms with Crippen molar-refractivity contribution in [3.05, 3.63) is 28.2 Å². The molecular weight excluding hydrogens is 278 g/mol. The van der Waals surface area contributed by atoms with Crippen LogP contribution in [0.1, 0.15) is 10.4 Å². The Bertz CT molecular complexity index is 370. The Labute approximate surface area is 101 Å². The molecule has 0 aromatic heterocycles. The molecule has 6 heteroatoms. The fourth-order valence-electron chi connectivity index (χ4n) is 1.02. The third-order valence-electron chi connectivity index (χ3n) is 1.78. The Morgan fingerprint density at radius 1 is 1.56 bits per heavy atom. The molecule has 16 heavy (non-hydrogen) atoms. The molecule has 1 amide bonds. The summed E-state index contributed by atoms with van der Waals surface area (Å²) in [6.45, 7) is -0.0937. The summed E-state index contributed by atoms with van der Waals surface area (Å²) < 4.78 is 5.61. The van der Waals surface area contributed by atoms with E-state index in [0.717, 1.165) is 0 Å². The van der Waals surface area contributed by atoms with Gasteiger partial charge in [-0.1, -0.05) is 0 Å². The number of ether oxygens (including phenoxy) is 1. The van der Waals surface area contributed by atoms with Gasteiger partial charge in [0.25, 0.3) is 5.91 Å². The molecule has 5 nitrogen and oxygen atoms in total. The molecule has 0 radical (unpaired) electrons. The lowest BCUT2D eigenvalue weighted by Crippen LogP contribution is -2.25. The number of carbonyl (C=O) groups is 1. The second kappa shape index (κ2) is 6.47. The zero-order valence-corrected chi connectivity index (χ0v) is 10.3. The Kier molecular flexibility index (Phi) is 5.24. The largest absolute Gasteiger partial charge is 0.497 e. The van der Waals surface area contributed by atoms with Gasteiger partial charge in [-0.15, -0.1) is 0 Å². The molecule has 0 aliphatic carbocycles. The molecule has 88 valence electrons. The predicted octanol–water partition coefficient (Wildman–Crippen LogP) is 1.11. The maximum absolute atomic E-state index is 11.6. The molecule has 0 bridgehead atoms. The first-order chi connectivity index (χ1) is 7.69. The molecule has 0 atom stereocenters. The number of nitrogens with one attached hydrogen (secondary N) is 1. The summed E-state index contributed by atoms with van der Waals surface area (Å²) in [6.07, 6.45) is 0. The number of aliphatic hydroxyl groups excluding tert-OH is 1. The van der Waals surface area contributed by atoms with Crippen molar-refractivity contribution in [3.63, 3.8) is 0 Å². The molecule has 0 aliphatic heterocycles. The monoisotopic (exact) mass is 289 g/mol. The van der Waals surface area contributed by atoms with Gasteiger partial charge in [-0.25, -0.2) is 5.48 Å². The van der Waals surface area contributed by atoms with E-state index in [1.807, 2.05) is 0 Å². The van der Waals surface area contributed by atoms with Crippen molar-refractivity contribution in [2.24, 2.45) is 0 Å².